The van der Waals surface area contributed by atoms with Crippen LogP contribution in [0.1, 0.15) is 5.56 Å². The quantitative estimate of drug-likeness (QED) is 0.900. The number of benzene rings is 1. The largest absolute Gasteiger partial charge is 0.383 e. The minimum atomic E-state index is -3.89. The molecule has 2 aromatic rings. The van der Waals surface area contributed by atoms with Gasteiger partial charge in [-0.05, 0) is 36.8 Å². The maximum Gasteiger partial charge on any atom is 0.265 e. The third-order valence-electron chi connectivity index (χ3n) is 2.53. The number of nitrogens with one attached hydrogen (secondary N) is 1. The number of nitrogen functional groups attached to an aromatic ring is 1. The SMILES string of the molecule is Cc1ccc(F)cc1NS(=O)(=O)c1cccnc1N. The van der Waals surface area contributed by atoms with Crippen LogP contribution in [-0.2, 0) is 10.0 Å². The van der Waals surface area contributed by atoms with Gasteiger partial charge >= 0.3 is 0 Å². The van der Waals surface area contributed by atoms with Gasteiger partial charge in [0.1, 0.15) is 16.5 Å². The minimum absolute atomic E-state index is 0.107. The summed E-state index contributed by atoms with van der Waals surface area (Å²) < 4.78 is 39.7. The van der Waals surface area contributed by atoms with Gasteiger partial charge in [-0.25, -0.2) is 17.8 Å². The lowest BCUT2D eigenvalue weighted by molar-refractivity contribution is 0.601. The standard InChI is InChI=1S/C12H12FN3O2S/c1-8-4-5-9(13)7-10(8)16-19(17,18)11-3-2-6-15-12(11)14/h2-7,16H,1H3,(H2,14,15). The number of nitrogens with two attached hydrogens (primary N) is 1. The van der Waals surface area contributed by atoms with Crippen LogP contribution in [0, 0.1) is 12.7 Å². The summed E-state index contributed by atoms with van der Waals surface area (Å²) in [6.45, 7) is 1.67. The van der Waals surface area contributed by atoms with Crippen LogP contribution in [0.5, 0.6) is 0 Å². The van der Waals surface area contributed by atoms with Crippen molar-refractivity contribution in [1.29, 1.82) is 0 Å². The monoisotopic (exact) mass is 281 g/mol. The van der Waals surface area contributed by atoms with Gasteiger partial charge in [-0.15, -0.1) is 0 Å². The summed E-state index contributed by atoms with van der Waals surface area (Å²) >= 11 is 0. The van der Waals surface area contributed by atoms with Crippen LogP contribution >= 0.6 is 0 Å². The van der Waals surface area contributed by atoms with Gasteiger partial charge in [-0.2, -0.15) is 0 Å². The Labute approximate surface area is 110 Å². The van der Waals surface area contributed by atoms with E-state index >= 15 is 0 Å². The Morgan fingerprint density at radius 1 is 1.32 bits per heavy atom. The first-order chi connectivity index (χ1) is 8.90. The molecule has 0 spiro atoms. The summed E-state index contributed by atoms with van der Waals surface area (Å²) in [5.74, 6) is -0.633. The van der Waals surface area contributed by atoms with Crippen molar-refractivity contribution in [2.24, 2.45) is 0 Å². The molecular formula is C12H12FN3O2S. The zero-order valence-electron chi connectivity index (χ0n) is 10.1. The van der Waals surface area contributed by atoms with Crippen molar-refractivity contribution in [3.05, 3.63) is 47.9 Å². The molecule has 19 heavy (non-hydrogen) atoms. The molecule has 100 valence electrons. The number of pyridine rings is 1. The fourth-order valence-electron chi connectivity index (χ4n) is 1.53. The Morgan fingerprint density at radius 2 is 2.05 bits per heavy atom. The van der Waals surface area contributed by atoms with Crippen LogP contribution < -0.4 is 10.5 Å². The molecule has 0 saturated heterocycles. The van der Waals surface area contributed by atoms with E-state index in [9.17, 15) is 12.8 Å². The average molecular weight is 281 g/mol. The van der Waals surface area contributed by atoms with Crippen LogP contribution in [0.2, 0.25) is 0 Å². The Bertz CT molecular complexity index is 717. The van der Waals surface area contributed by atoms with Gasteiger partial charge in [0.05, 0.1) is 5.69 Å². The number of aryl methyl sites for hydroxylation is 1. The summed E-state index contributed by atoms with van der Waals surface area (Å²) in [5.41, 5.74) is 6.30. The van der Waals surface area contributed by atoms with E-state index in [4.69, 9.17) is 5.73 Å². The Balaban J connectivity index is 2.43. The molecule has 3 N–H and O–H groups in total. The molecule has 0 unspecified atom stereocenters. The van der Waals surface area contributed by atoms with E-state index in [0.717, 1.165) is 6.07 Å². The Kier molecular flexibility index (Phi) is 3.39. The molecule has 7 heteroatoms. The van der Waals surface area contributed by atoms with E-state index < -0.39 is 15.8 Å². The zero-order valence-corrected chi connectivity index (χ0v) is 10.9. The average Bonchev–Trinajstić information content (AvgIpc) is 2.34. The summed E-state index contributed by atoms with van der Waals surface area (Å²) in [6.07, 6.45) is 1.39. The highest BCUT2D eigenvalue weighted by Gasteiger charge is 2.18. The van der Waals surface area contributed by atoms with Gasteiger partial charge in [-0.1, -0.05) is 6.07 Å². The van der Waals surface area contributed by atoms with Gasteiger partial charge in [0.2, 0.25) is 0 Å². The molecule has 0 atom stereocenters. The lowest BCUT2D eigenvalue weighted by atomic mass is 10.2. The number of hydrogen-bond acceptors (Lipinski definition) is 4. The Morgan fingerprint density at radius 3 is 2.74 bits per heavy atom. The van der Waals surface area contributed by atoms with E-state index in [1.807, 2.05) is 0 Å². The van der Waals surface area contributed by atoms with E-state index in [1.165, 1.54) is 30.5 Å². The first kappa shape index (κ1) is 13.3. The van der Waals surface area contributed by atoms with Crippen LogP contribution in [0.3, 0.4) is 0 Å². The van der Waals surface area contributed by atoms with E-state index in [0.29, 0.717) is 5.56 Å². The maximum atomic E-state index is 13.1. The highest BCUT2D eigenvalue weighted by molar-refractivity contribution is 7.92. The van der Waals surface area contributed by atoms with Crippen molar-refractivity contribution in [3.8, 4) is 0 Å². The molecular weight excluding hydrogens is 269 g/mol. The molecule has 0 aliphatic heterocycles. The number of anilines is 2. The second-order valence-electron chi connectivity index (χ2n) is 3.95. The number of nitrogens with zero attached hydrogens (tertiary/aromatic N) is 1. The third kappa shape index (κ3) is 2.82. The van der Waals surface area contributed by atoms with Crippen molar-refractivity contribution >= 4 is 21.5 Å². The molecule has 5 nitrogen and oxygen atoms in total. The smallest absolute Gasteiger partial charge is 0.265 e. The van der Waals surface area contributed by atoms with Crippen molar-refractivity contribution in [2.75, 3.05) is 10.5 Å². The zero-order chi connectivity index (χ0) is 14.0. The predicted octanol–water partition coefficient (Wildman–Crippen LogP) is 1.91. The minimum Gasteiger partial charge on any atom is -0.383 e. The molecule has 0 bridgehead atoms. The molecule has 1 aromatic heterocycles. The topological polar surface area (TPSA) is 85.1 Å². The molecule has 0 amide bonds. The fraction of sp³-hybridized carbons (Fsp3) is 0.0833. The van der Waals surface area contributed by atoms with Gasteiger partial charge < -0.3 is 5.73 Å². The van der Waals surface area contributed by atoms with E-state index in [-0.39, 0.29) is 16.4 Å². The third-order valence-corrected chi connectivity index (χ3v) is 3.95. The van der Waals surface area contributed by atoms with Crippen molar-refractivity contribution in [3.63, 3.8) is 0 Å². The lowest BCUT2D eigenvalue weighted by Gasteiger charge is -2.11. The van der Waals surface area contributed by atoms with E-state index in [2.05, 4.69) is 9.71 Å². The van der Waals surface area contributed by atoms with Crippen LogP contribution in [0.15, 0.2) is 41.4 Å². The summed E-state index contributed by atoms with van der Waals surface area (Å²) in [5, 5.41) is 0. The van der Waals surface area contributed by atoms with Crippen LogP contribution in [0.25, 0.3) is 0 Å². The van der Waals surface area contributed by atoms with E-state index in [1.54, 1.807) is 6.92 Å². The van der Waals surface area contributed by atoms with Gasteiger partial charge in [0.25, 0.3) is 10.0 Å². The maximum absolute atomic E-state index is 13.1. The molecule has 1 aromatic carbocycles. The summed E-state index contributed by atoms with van der Waals surface area (Å²) in [4.78, 5) is 3.57. The normalized spacial score (nSPS) is 11.3. The van der Waals surface area contributed by atoms with Crippen molar-refractivity contribution < 1.29 is 12.8 Å². The number of halogens is 1. The molecule has 0 aliphatic rings. The predicted molar refractivity (Wildman–Crippen MR) is 70.6 cm³/mol. The van der Waals surface area contributed by atoms with Crippen LogP contribution in [0.4, 0.5) is 15.9 Å². The number of hydrogen-bond donors (Lipinski definition) is 2. The second kappa shape index (κ2) is 4.85. The molecule has 0 radical (unpaired) electrons. The first-order valence-corrected chi connectivity index (χ1v) is 6.88. The number of aromatic nitrogens is 1. The van der Waals surface area contributed by atoms with Gasteiger partial charge in [0.15, 0.2) is 0 Å². The fourth-order valence-corrected chi connectivity index (χ4v) is 2.74. The molecule has 0 saturated carbocycles. The van der Waals surface area contributed by atoms with Gasteiger partial charge in [0, 0.05) is 6.20 Å². The van der Waals surface area contributed by atoms with Crippen molar-refractivity contribution in [2.45, 2.75) is 11.8 Å². The highest BCUT2D eigenvalue weighted by Crippen LogP contribution is 2.22. The molecule has 1 heterocycles. The summed E-state index contributed by atoms with van der Waals surface area (Å²) in [7, 11) is -3.89. The molecule has 0 fully saturated rings. The lowest BCUT2D eigenvalue weighted by Crippen LogP contribution is -2.16. The Hall–Kier alpha value is -2.15. The second-order valence-corrected chi connectivity index (χ2v) is 5.60. The van der Waals surface area contributed by atoms with Crippen molar-refractivity contribution in [1.82, 2.24) is 4.98 Å². The molecule has 0 aliphatic carbocycles. The van der Waals surface area contributed by atoms with Crippen LogP contribution in [-0.4, -0.2) is 13.4 Å². The number of sulfonamides is 1. The highest BCUT2D eigenvalue weighted by atomic mass is 32.2. The number of rotatable bonds is 3. The summed E-state index contributed by atoms with van der Waals surface area (Å²) in [6, 6.07) is 6.65. The first-order valence-electron chi connectivity index (χ1n) is 5.39. The molecule has 2 rings (SSSR count). The van der Waals surface area contributed by atoms with Gasteiger partial charge in [-0.3, -0.25) is 4.72 Å².